The zero-order chi connectivity index (χ0) is 35.6. The molecule has 9 aromatic rings. The third kappa shape index (κ3) is 3.30. The predicted octanol–water partition coefficient (Wildman–Crippen LogP) is 11.5. The molecule has 8 aromatic carbocycles. The van der Waals surface area contributed by atoms with Crippen LogP contribution in [-0.4, -0.2) is 0 Å². The van der Waals surface area contributed by atoms with Gasteiger partial charge in [0.25, 0.3) is 0 Å². The fourth-order valence-corrected chi connectivity index (χ4v) is 6.24. The molecule has 190 valence electrons. The van der Waals surface area contributed by atoms with E-state index in [1.54, 1.807) is 12.1 Å². The molecule has 0 radical (unpaired) electrons. The molecule has 41 heavy (non-hydrogen) atoms. The van der Waals surface area contributed by atoms with Gasteiger partial charge < -0.3 is 4.42 Å². The maximum atomic E-state index is 8.67. The van der Waals surface area contributed by atoms with Crippen LogP contribution in [0.2, 0.25) is 0 Å². The van der Waals surface area contributed by atoms with Crippen LogP contribution in [0.5, 0.6) is 0 Å². The van der Waals surface area contributed by atoms with E-state index >= 15 is 0 Å². The Morgan fingerprint density at radius 3 is 1.76 bits per heavy atom. The van der Waals surface area contributed by atoms with Gasteiger partial charge in [0.1, 0.15) is 11.2 Å². The molecule has 1 heteroatoms. The topological polar surface area (TPSA) is 13.1 Å². The fourth-order valence-electron chi connectivity index (χ4n) is 6.24. The van der Waals surface area contributed by atoms with Crippen LogP contribution in [0.4, 0.5) is 0 Å². The van der Waals surface area contributed by atoms with Gasteiger partial charge in [0.15, 0.2) is 0 Å². The molecule has 0 aliphatic rings. The molecule has 1 nitrogen and oxygen atoms in total. The van der Waals surface area contributed by atoms with Crippen molar-refractivity contribution in [3.8, 4) is 33.4 Å². The number of furan rings is 1. The van der Waals surface area contributed by atoms with Crippen LogP contribution < -0.4 is 0 Å². The average Bonchev–Trinajstić information content (AvgIpc) is 3.52. The van der Waals surface area contributed by atoms with Crippen LogP contribution in [-0.2, 0) is 0 Å². The van der Waals surface area contributed by atoms with Crippen molar-refractivity contribution < 1.29 is 18.1 Å². The highest BCUT2D eigenvalue weighted by atomic mass is 16.3. The van der Waals surface area contributed by atoms with Gasteiger partial charge in [-0.3, -0.25) is 0 Å². The number of fused-ring (bicyclic) bond motifs is 3. The van der Waals surface area contributed by atoms with E-state index in [2.05, 4.69) is 18.2 Å². The maximum absolute atomic E-state index is 8.67. The van der Waals surface area contributed by atoms with Crippen molar-refractivity contribution in [3.63, 3.8) is 0 Å². The van der Waals surface area contributed by atoms with Gasteiger partial charge in [-0.05, 0) is 83.9 Å². The molecule has 0 saturated heterocycles. The smallest absolute Gasteiger partial charge is 0.136 e. The molecule has 9 rings (SSSR count). The van der Waals surface area contributed by atoms with E-state index in [-0.39, 0.29) is 47.4 Å². The molecule has 0 atom stereocenters. The normalized spacial score (nSPS) is 15.3. The molecule has 0 saturated carbocycles. The minimum atomic E-state index is -0.443. The standard InChI is InChI=1S/C40H24O/c1-3-8-25(9-4-1)29-18-23-35-37(24-29)41-36-13-7-12-32(40(35)36)31-20-15-28-16-21-33-30(26-10-5-2-6-11-26)19-14-27-17-22-34(31)39(28)38(27)33/h1-24H/i1D,2D,3D,4D,5D,6D,8D,9D,10D,11D. The lowest BCUT2D eigenvalue weighted by Gasteiger charge is -2.17. The fraction of sp³-hybridized carbons (Fsp3) is 0. The first-order valence-electron chi connectivity index (χ1n) is 18.3. The summed E-state index contributed by atoms with van der Waals surface area (Å²) >= 11 is 0. The molecule has 0 aliphatic heterocycles. The summed E-state index contributed by atoms with van der Waals surface area (Å²) in [6, 6.07) is 23.7. The second kappa shape index (κ2) is 8.55. The molecule has 0 spiro atoms. The molecule has 0 aliphatic carbocycles. The van der Waals surface area contributed by atoms with Gasteiger partial charge in [0.05, 0.1) is 13.7 Å². The summed E-state index contributed by atoms with van der Waals surface area (Å²) in [6.45, 7) is 0. The minimum Gasteiger partial charge on any atom is -0.456 e. The van der Waals surface area contributed by atoms with Crippen molar-refractivity contribution in [1.82, 2.24) is 0 Å². The third-order valence-corrected chi connectivity index (χ3v) is 8.01. The van der Waals surface area contributed by atoms with Gasteiger partial charge in [-0.15, -0.1) is 0 Å². The van der Waals surface area contributed by atoms with Gasteiger partial charge in [0.2, 0.25) is 0 Å². The summed E-state index contributed by atoms with van der Waals surface area (Å²) in [4.78, 5) is 0. The summed E-state index contributed by atoms with van der Waals surface area (Å²) in [5.74, 6) is 0. The summed E-state index contributed by atoms with van der Waals surface area (Å²) in [5, 5.41) is 7.32. The lowest BCUT2D eigenvalue weighted by atomic mass is 9.86. The van der Waals surface area contributed by atoms with Crippen LogP contribution in [0.15, 0.2) is 150 Å². The summed E-state index contributed by atoms with van der Waals surface area (Å²) in [5.41, 5.74) is 4.32. The van der Waals surface area contributed by atoms with Gasteiger partial charge in [-0.2, -0.15) is 0 Å². The van der Waals surface area contributed by atoms with Gasteiger partial charge in [0, 0.05) is 10.8 Å². The average molecular weight is 531 g/mol. The summed E-state index contributed by atoms with van der Waals surface area (Å²) < 4.78 is 89.5. The summed E-state index contributed by atoms with van der Waals surface area (Å²) in [6.07, 6.45) is 0. The third-order valence-electron chi connectivity index (χ3n) is 8.01. The highest BCUT2D eigenvalue weighted by molar-refractivity contribution is 6.28. The Labute approximate surface area is 251 Å². The Balaban J connectivity index is 1.29. The largest absolute Gasteiger partial charge is 0.456 e. The van der Waals surface area contributed by atoms with Crippen LogP contribution in [0, 0.1) is 0 Å². The monoisotopic (exact) mass is 530 g/mol. The minimum absolute atomic E-state index is 0.110. The number of hydrogen-bond acceptors (Lipinski definition) is 1. The first kappa shape index (κ1) is 14.8. The van der Waals surface area contributed by atoms with Crippen molar-refractivity contribution in [2.75, 3.05) is 0 Å². The molecule has 1 aromatic heterocycles. The second-order valence-electron chi connectivity index (χ2n) is 10.1. The van der Waals surface area contributed by atoms with E-state index in [0.29, 0.717) is 22.3 Å². The zero-order valence-corrected chi connectivity index (χ0v) is 21.5. The molecule has 0 bridgehead atoms. The number of benzene rings is 8. The lowest BCUT2D eigenvalue weighted by Crippen LogP contribution is -1.89. The SMILES string of the molecule is [2H]c1c([2H])c([2H])c(-c2ccc3c(c2)oc2cccc(-c4ccc5ccc6c(-c7c([2H])c([2H])c([2H])c([2H])c7[2H])ccc7ccc4c5c76)c23)c([2H])c1[2H]. The number of rotatable bonds is 3. The van der Waals surface area contributed by atoms with Crippen molar-refractivity contribution in [3.05, 3.63) is 145 Å². The molecule has 0 fully saturated rings. The first-order valence-corrected chi connectivity index (χ1v) is 13.3. The van der Waals surface area contributed by atoms with Crippen LogP contribution in [0.25, 0.3) is 87.6 Å². The molecular formula is C40H24O. The van der Waals surface area contributed by atoms with E-state index in [0.717, 1.165) is 54.2 Å². The Kier molecular flexibility index (Phi) is 3.09. The Morgan fingerprint density at radius 2 is 1.02 bits per heavy atom. The maximum Gasteiger partial charge on any atom is 0.136 e. The van der Waals surface area contributed by atoms with E-state index in [9.17, 15) is 0 Å². The molecule has 0 N–H and O–H groups in total. The predicted molar refractivity (Wildman–Crippen MR) is 174 cm³/mol. The second-order valence-corrected chi connectivity index (χ2v) is 10.1. The van der Waals surface area contributed by atoms with E-state index in [1.165, 1.54) is 0 Å². The van der Waals surface area contributed by atoms with Gasteiger partial charge in [-0.1, -0.05) is 127 Å². The van der Waals surface area contributed by atoms with Crippen molar-refractivity contribution in [2.24, 2.45) is 0 Å². The number of hydrogen-bond donors (Lipinski definition) is 0. The highest BCUT2D eigenvalue weighted by Crippen LogP contribution is 2.45. The van der Waals surface area contributed by atoms with Gasteiger partial charge >= 0.3 is 0 Å². The zero-order valence-electron chi connectivity index (χ0n) is 31.5. The lowest BCUT2D eigenvalue weighted by molar-refractivity contribution is 0.669. The molecule has 1 heterocycles. The van der Waals surface area contributed by atoms with Crippen LogP contribution >= 0.6 is 0 Å². The van der Waals surface area contributed by atoms with Crippen LogP contribution in [0.1, 0.15) is 13.7 Å². The van der Waals surface area contributed by atoms with Gasteiger partial charge in [-0.25, -0.2) is 0 Å². The van der Waals surface area contributed by atoms with E-state index in [1.807, 2.05) is 54.6 Å². The Bertz CT molecular complexity index is 2920. The highest BCUT2D eigenvalue weighted by Gasteiger charge is 2.18. The molecular weight excluding hydrogens is 496 g/mol. The molecule has 0 unspecified atom stereocenters. The Morgan fingerprint density at radius 1 is 0.415 bits per heavy atom. The van der Waals surface area contributed by atoms with E-state index in [4.69, 9.17) is 18.1 Å². The quantitative estimate of drug-likeness (QED) is 0.207. The van der Waals surface area contributed by atoms with Crippen molar-refractivity contribution in [2.45, 2.75) is 0 Å². The molecule has 0 amide bonds. The first-order chi connectivity index (χ1) is 24.5. The van der Waals surface area contributed by atoms with E-state index < -0.39 is 24.2 Å². The summed E-state index contributed by atoms with van der Waals surface area (Å²) in [7, 11) is 0. The van der Waals surface area contributed by atoms with Crippen molar-refractivity contribution >= 4 is 54.3 Å². The van der Waals surface area contributed by atoms with Crippen LogP contribution in [0.3, 0.4) is 0 Å². The van der Waals surface area contributed by atoms with Crippen molar-refractivity contribution in [1.29, 1.82) is 0 Å². The Hall–Kier alpha value is -5.40.